The Balaban J connectivity index is 1.96. The predicted octanol–water partition coefficient (Wildman–Crippen LogP) is 3.11. The largest absolute Gasteiger partial charge is 0.449 e. The fourth-order valence-electron chi connectivity index (χ4n) is 2.02. The van der Waals surface area contributed by atoms with Gasteiger partial charge in [-0.3, -0.25) is 9.59 Å². The van der Waals surface area contributed by atoms with Crippen molar-refractivity contribution in [3.63, 3.8) is 0 Å². The Labute approximate surface area is 148 Å². The highest BCUT2D eigenvalue weighted by molar-refractivity contribution is 5.97. The summed E-state index contributed by atoms with van der Waals surface area (Å²) in [5.41, 5.74) is 0.507. The Morgan fingerprint density at radius 1 is 0.962 bits per heavy atom. The van der Waals surface area contributed by atoms with Crippen molar-refractivity contribution in [1.82, 2.24) is 0 Å². The van der Waals surface area contributed by atoms with Crippen LogP contribution in [0.15, 0.2) is 42.5 Å². The molecule has 2 aromatic rings. The highest BCUT2D eigenvalue weighted by atomic mass is 19.1. The van der Waals surface area contributed by atoms with Crippen LogP contribution < -0.4 is 10.6 Å². The fraction of sp³-hybridized carbons (Fsp3) is 0.167. The number of hydrogen-bond donors (Lipinski definition) is 2. The van der Waals surface area contributed by atoms with E-state index in [1.54, 1.807) is 24.3 Å². The van der Waals surface area contributed by atoms with Gasteiger partial charge in [-0.25, -0.2) is 13.6 Å². The number of rotatable bonds is 5. The van der Waals surface area contributed by atoms with Crippen molar-refractivity contribution in [2.45, 2.75) is 20.0 Å². The van der Waals surface area contributed by atoms with Gasteiger partial charge in [-0.05, 0) is 43.3 Å². The maximum atomic E-state index is 13.6. The van der Waals surface area contributed by atoms with E-state index in [-0.39, 0.29) is 5.91 Å². The third kappa shape index (κ3) is 5.10. The number of halogens is 2. The molecule has 0 aromatic heterocycles. The Hall–Kier alpha value is -3.29. The number of carbonyl (C=O) groups is 3. The molecule has 0 aliphatic carbocycles. The average molecular weight is 362 g/mol. The van der Waals surface area contributed by atoms with Gasteiger partial charge in [0.25, 0.3) is 5.91 Å². The first-order valence-corrected chi connectivity index (χ1v) is 7.61. The second kappa shape index (κ2) is 8.19. The number of amides is 2. The zero-order chi connectivity index (χ0) is 19.3. The Bertz CT molecular complexity index is 838. The minimum atomic E-state index is -1.21. The van der Waals surface area contributed by atoms with Crippen molar-refractivity contribution in [2.24, 2.45) is 0 Å². The molecule has 0 heterocycles. The Morgan fingerprint density at radius 2 is 1.54 bits per heavy atom. The first-order valence-electron chi connectivity index (χ1n) is 7.61. The summed E-state index contributed by atoms with van der Waals surface area (Å²) in [4.78, 5) is 34.9. The summed E-state index contributed by atoms with van der Waals surface area (Å²) in [6.07, 6.45) is -1.21. The Morgan fingerprint density at radius 3 is 2.08 bits per heavy atom. The topological polar surface area (TPSA) is 84.5 Å². The summed E-state index contributed by atoms with van der Waals surface area (Å²) >= 11 is 0. The molecular weight excluding hydrogens is 346 g/mol. The summed E-state index contributed by atoms with van der Waals surface area (Å²) < 4.78 is 31.3. The third-order valence-electron chi connectivity index (χ3n) is 3.28. The molecule has 2 N–H and O–H groups in total. The normalized spacial score (nSPS) is 11.4. The standard InChI is InChI=1S/C18H16F2N2O4/c1-10(26-18(25)15-8-3-12(19)9-16(15)20)17(24)22-14-6-4-13(5-7-14)21-11(2)23/h3-10H,1-2H3,(H,21,23)(H,22,24). The SMILES string of the molecule is CC(=O)Nc1ccc(NC(=O)C(C)OC(=O)c2ccc(F)cc2F)cc1. The monoisotopic (exact) mass is 362 g/mol. The maximum absolute atomic E-state index is 13.6. The first-order chi connectivity index (χ1) is 12.3. The van der Waals surface area contributed by atoms with Gasteiger partial charge in [-0.1, -0.05) is 0 Å². The van der Waals surface area contributed by atoms with Crippen molar-refractivity contribution >= 4 is 29.2 Å². The van der Waals surface area contributed by atoms with Crippen molar-refractivity contribution < 1.29 is 27.9 Å². The van der Waals surface area contributed by atoms with Crippen molar-refractivity contribution in [1.29, 1.82) is 0 Å². The quantitative estimate of drug-likeness (QED) is 0.801. The van der Waals surface area contributed by atoms with Gasteiger partial charge in [0.2, 0.25) is 5.91 Å². The number of anilines is 2. The van der Waals surface area contributed by atoms with Crippen LogP contribution in [0.1, 0.15) is 24.2 Å². The van der Waals surface area contributed by atoms with E-state index in [2.05, 4.69) is 10.6 Å². The molecule has 2 amide bonds. The van der Waals surface area contributed by atoms with Crippen molar-refractivity contribution in [3.05, 3.63) is 59.7 Å². The minimum Gasteiger partial charge on any atom is -0.449 e. The molecule has 0 bridgehead atoms. The van der Waals surface area contributed by atoms with Crippen molar-refractivity contribution in [2.75, 3.05) is 10.6 Å². The van der Waals surface area contributed by atoms with Crippen molar-refractivity contribution in [3.8, 4) is 0 Å². The average Bonchev–Trinajstić information content (AvgIpc) is 2.55. The fourth-order valence-corrected chi connectivity index (χ4v) is 2.02. The molecule has 0 saturated carbocycles. The number of hydrogen-bond acceptors (Lipinski definition) is 4. The summed E-state index contributed by atoms with van der Waals surface area (Å²) in [6.45, 7) is 2.69. The number of benzene rings is 2. The molecule has 0 aliphatic rings. The van der Waals surface area contributed by atoms with E-state index >= 15 is 0 Å². The molecule has 6 nitrogen and oxygen atoms in total. The molecule has 2 rings (SSSR count). The lowest BCUT2D eigenvalue weighted by atomic mass is 10.2. The number of esters is 1. The van der Waals surface area contributed by atoms with Crippen LogP contribution in [-0.2, 0) is 14.3 Å². The minimum absolute atomic E-state index is 0.227. The molecule has 26 heavy (non-hydrogen) atoms. The van der Waals surface area contributed by atoms with E-state index in [1.807, 2.05) is 0 Å². The van der Waals surface area contributed by atoms with Crippen LogP contribution in [0.25, 0.3) is 0 Å². The molecule has 0 aliphatic heterocycles. The van der Waals surface area contributed by atoms with Gasteiger partial charge < -0.3 is 15.4 Å². The lowest BCUT2D eigenvalue weighted by Gasteiger charge is -2.14. The zero-order valence-corrected chi connectivity index (χ0v) is 14.0. The molecule has 0 saturated heterocycles. The summed E-state index contributed by atoms with van der Waals surface area (Å²) in [5, 5.41) is 5.10. The van der Waals surface area contributed by atoms with Crippen LogP contribution in [0.2, 0.25) is 0 Å². The molecule has 0 fully saturated rings. The van der Waals surface area contributed by atoms with E-state index in [4.69, 9.17) is 4.74 Å². The van der Waals surface area contributed by atoms with E-state index in [0.717, 1.165) is 12.1 Å². The highest BCUT2D eigenvalue weighted by Crippen LogP contribution is 2.15. The third-order valence-corrected chi connectivity index (χ3v) is 3.28. The molecule has 136 valence electrons. The molecular formula is C18H16F2N2O4. The number of ether oxygens (including phenoxy) is 1. The predicted molar refractivity (Wildman–Crippen MR) is 90.6 cm³/mol. The van der Waals surface area contributed by atoms with Gasteiger partial charge in [0.05, 0.1) is 5.56 Å². The second-order valence-electron chi connectivity index (χ2n) is 5.42. The summed E-state index contributed by atoms with van der Waals surface area (Å²) in [6, 6.07) is 8.69. The van der Waals surface area contributed by atoms with E-state index in [0.29, 0.717) is 17.4 Å². The molecule has 1 unspecified atom stereocenters. The smallest absolute Gasteiger partial charge is 0.341 e. The lowest BCUT2D eigenvalue weighted by Crippen LogP contribution is -2.30. The number of nitrogens with one attached hydrogen (secondary N) is 2. The first kappa shape index (κ1) is 19.0. The van der Waals surface area contributed by atoms with Crippen LogP contribution in [0.5, 0.6) is 0 Å². The molecule has 0 spiro atoms. The van der Waals surface area contributed by atoms with E-state index < -0.39 is 35.2 Å². The molecule has 0 radical (unpaired) electrons. The summed E-state index contributed by atoms with van der Waals surface area (Å²) in [7, 11) is 0. The van der Waals surface area contributed by atoms with Gasteiger partial charge >= 0.3 is 5.97 Å². The molecule has 2 aromatic carbocycles. The van der Waals surface area contributed by atoms with Gasteiger partial charge in [-0.2, -0.15) is 0 Å². The van der Waals surface area contributed by atoms with Crippen LogP contribution >= 0.6 is 0 Å². The Kier molecular flexibility index (Phi) is 6.00. The second-order valence-corrected chi connectivity index (χ2v) is 5.42. The maximum Gasteiger partial charge on any atom is 0.341 e. The van der Waals surface area contributed by atoms with E-state index in [9.17, 15) is 23.2 Å². The molecule has 8 heteroatoms. The van der Waals surface area contributed by atoms with Crippen LogP contribution in [0.3, 0.4) is 0 Å². The van der Waals surface area contributed by atoms with Crippen LogP contribution in [0.4, 0.5) is 20.2 Å². The highest BCUT2D eigenvalue weighted by Gasteiger charge is 2.21. The number of carbonyl (C=O) groups excluding carboxylic acids is 3. The lowest BCUT2D eigenvalue weighted by molar-refractivity contribution is -0.123. The van der Waals surface area contributed by atoms with E-state index in [1.165, 1.54) is 13.8 Å². The van der Waals surface area contributed by atoms with Crippen LogP contribution in [-0.4, -0.2) is 23.9 Å². The van der Waals surface area contributed by atoms with Gasteiger partial charge in [0.1, 0.15) is 11.6 Å². The summed E-state index contributed by atoms with van der Waals surface area (Å²) in [5.74, 6) is -3.83. The van der Waals surface area contributed by atoms with Crippen LogP contribution in [0, 0.1) is 11.6 Å². The van der Waals surface area contributed by atoms with Gasteiger partial charge in [0, 0.05) is 24.4 Å². The van der Waals surface area contributed by atoms with Gasteiger partial charge in [0.15, 0.2) is 6.10 Å². The zero-order valence-electron chi connectivity index (χ0n) is 14.0. The molecule has 1 atom stereocenters. The van der Waals surface area contributed by atoms with Gasteiger partial charge in [-0.15, -0.1) is 0 Å².